The molecule has 0 bridgehead atoms. The highest BCUT2D eigenvalue weighted by Gasteiger charge is 2.03. The Bertz CT molecular complexity index is 341. The van der Waals surface area contributed by atoms with Crippen LogP contribution in [0, 0.1) is 12.3 Å². The van der Waals surface area contributed by atoms with Crippen molar-refractivity contribution in [3.05, 3.63) is 30.1 Å². The summed E-state index contributed by atoms with van der Waals surface area (Å²) in [6, 6.07) is 3.59. The van der Waals surface area contributed by atoms with Crippen molar-refractivity contribution in [2.24, 2.45) is 0 Å². The maximum atomic E-state index is 10.9. The molecule has 0 fully saturated rings. The molecule has 1 heterocycles. The van der Waals surface area contributed by atoms with Gasteiger partial charge in [-0.3, -0.25) is 4.79 Å². The van der Waals surface area contributed by atoms with E-state index in [-0.39, 0.29) is 22.8 Å². The summed E-state index contributed by atoms with van der Waals surface area (Å²) in [5.41, 5.74) is 0.688. The van der Waals surface area contributed by atoms with Gasteiger partial charge in [0.05, 0.1) is 5.56 Å². The molecule has 0 aliphatic carbocycles. The maximum absolute atomic E-state index is 10.9. The van der Waals surface area contributed by atoms with Crippen molar-refractivity contribution < 1.29 is 26.3 Å². The number of terminal acetylenes is 1. The van der Waals surface area contributed by atoms with Crippen LogP contribution in [0.3, 0.4) is 0 Å². The summed E-state index contributed by atoms with van der Waals surface area (Å²) in [5.74, 6) is 2.56. The fraction of sp³-hybridized carbons (Fsp3) is 0.200. The van der Waals surface area contributed by atoms with Gasteiger partial charge in [0.25, 0.3) is 0 Å². The number of rotatable bonds is 2. The highest BCUT2D eigenvalue weighted by atomic mass is 79.9. The van der Waals surface area contributed by atoms with Crippen LogP contribution in [-0.4, -0.2) is 5.78 Å². The van der Waals surface area contributed by atoms with Gasteiger partial charge in [-0.2, -0.15) is 4.57 Å². The molecule has 0 radical (unpaired) electrons. The molecule has 0 aliphatic heterocycles. The van der Waals surface area contributed by atoms with Gasteiger partial charge in [0.15, 0.2) is 18.2 Å². The first kappa shape index (κ1) is 11.9. The van der Waals surface area contributed by atoms with E-state index in [1.54, 1.807) is 16.8 Å². The zero-order chi connectivity index (χ0) is 8.97. The Morgan fingerprint density at radius 2 is 2.38 bits per heavy atom. The fourth-order valence-electron chi connectivity index (χ4n) is 0.934. The van der Waals surface area contributed by atoms with Crippen LogP contribution >= 0.6 is 0 Å². The molecule has 0 spiro atoms. The van der Waals surface area contributed by atoms with E-state index < -0.39 is 0 Å². The second-order valence-corrected chi connectivity index (χ2v) is 2.53. The molecule has 0 saturated heterocycles. The Balaban J connectivity index is 0.00000144. The lowest BCUT2D eigenvalue weighted by Gasteiger charge is -1.92. The van der Waals surface area contributed by atoms with E-state index in [1.807, 2.05) is 12.3 Å². The number of Topliss-reactive ketones (excluding diaryl/α,β-unsaturated/α-hetero) is 1. The quantitative estimate of drug-likeness (QED) is 0.327. The van der Waals surface area contributed by atoms with Crippen LogP contribution in [0.25, 0.3) is 0 Å². The van der Waals surface area contributed by atoms with Gasteiger partial charge in [-0.25, -0.2) is 0 Å². The highest BCUT2D eigenvalue weighted by molar-refractivity contribution is 5.93. The van der Waals surface area contributed by atoms with Crippen molar-refractivity contribution in [3.63, 3.8) is 0 Å². The largest absolute Gasteiger partial charge is 1.00 e. The molecule has 2 nitrogen and oxygen atoms in total. The topological polar surface area (TPSA) is 20.9 Å². The Labute approximate surface area is 88.4 Å². The summed E-state index contributed by atoms with van der Waals surface area (Å²) in [7, 11) is 0. The summed E-state index contributed by atoms with van der Waals surface area (Å²) in [6.07, 6.45) is 8.72. The van der Waals surface area contributed by atoms with Gasteiger partial charge in [-0.15, -0.1) is 6.42 Å². The second kappa shape index (κ2) is 5.50. The average Bonchev–Trinajstić information content (AvgIpc) is 2.05. The van der Waals surface area contributed by atoms with Crippen LogP contribution in [0.2, 0.25) is 0 Å². The maximum Gasteiger partial charge on any atom is 0.208 e. The molecule has 0 unspecified atom stereocenters. The average molecular weight is 240 g/mol. The molecule has 13 heavy (non-hydrogen) atoms. The molecule has 1 rings (SSSR count). The lowest BCUT2D eigenvalue weighted by molar-refractivity contribution is -0.684. The third-order valence-corrected chi connectivity index (χ3v) is 1.54. The smallest absolute Gasteiger partial charge is 0.208 e. The SMILES string of the molecule is C#CC[n+]1cccc(C(C)=O)c1.[Br-]. The number of carbonyl (C=O) groups is 1. The van der Waals surface area contributed by atoms with Crippen LogP contribution in [0.4, 0.5) is 0 Å². The van der Waals surface area contributed by atoms with Gasteiger partial charge in [0, 0.05) is 6.07 Å². The van der Waals surface area contributed by atoms with E-state index >= 15 is 0 Å². The van der Waals surface area contributed by atoms with E-state index in [0.717, 1.165) is 0 Å². The predicted molar refractivity (Wildman–Crippen MR) is 45.5 cm³/mol. The molecular formula is C10H10BrNO. The van der Waals surface area contributed by atoms with Gasteiger partial charge in [0.1, 0.15) is 0 Å². The van der Waals surface area contributed by atoms with Crippen molar-refractivity contribution in [3.8, 4) is 12.3 Å². The van der Waals surface area contributed by atoms with Crippen LogP contribution in [0.1, 0.15) is 17.3 Å². The highest BCUT2D eigenvalue weighted by Crippen LogP contribution is 1.94. The summed E-state index contributed by atoms with van der Waals surface area (Å²) >= 11 is 0. The molecule has 0 atom stereocenters. The molecule has 0 amide bonds. The van der Waals surface area contributed by atoms with Crippen LogP contribution in [-0.2, 0) is 6.54 Å². The lowest BCUT2D eigenvalue weighted by atomic mass is 10.2. The first-order chi connectivity index (χ1) is 5.74. The van der Waals surface area contributed by atoms with Gasteiger partial charge >= 0.3 is 0 Å². The van der Waals surface area contributed by atoms with Crippen LogP contribution in [0.15, 0.2) is 24.5 Å². The first-order valence-corrected chi connectivity index (χ1v) is 3.67. The fourth-order valence-corrected chi connectivity index (χ4v) is 0.934. The van der Waals surface area contributed by atoms with Gasteiger partial charge in [-0.05, 0) is 18.9 Å². The minimum Gasteiger partial charge on any atom is -1.00 e. The number of pyridine rings is 1. The predicted octanol–water partition coefficient (Wildman–Crippen LogP) is -2.19. The van der Waals surface area contributed by atoms with Crippen molar-refractivity contribution >= 4 is 5.78 Å². The molecule has 3 heteroatoms. The molecule has 0 aliphatic rings. The summed E-state index contributed by atoms with van der Waals surface area (Å²) in [6.45, 7) is 2.04. The lowest BCUT2D eigenvalue weighted by Crippen LogP contribution is -3.00. The number of halogens is 1. The number of nitrogens with zero attached hydrogens (tertiary/aromatic N) is 1. The van der Waals surface area contributed by atoms with Crippen LogP contribution < -0.4 is 21.5 Å². The van der Waals surface area contributed by atoms with E-state index in [2.05, 4.69) is 5.92 Å². The standard InChI is InChI=1S/C10H10NO.BrH/c1-3-6-11-7-4-5-10(8-11)9(2)12;/h1,4-5,7-8H,6H2,2H3;1H/q+1;/p-1. The van der Waals surface area contributed by atoms with Crippen molar-refractivity contribution in [1.82, 2.24) is 0 Å². The van der Waals surface area contributed by atoms with E-state index in [9.17, 15) is 4.79 Å². The van der Waals surface area contributed by atoms with E-state index in [1.165, 1.54) is 6.92 Å². The van der Waals surface area contributed by atoms with Crippen molar-refractivity contribution in [2.45, 2.75) is 13.5 Å². The molecule has 0 saturated carbocycles. The first-order valence-electron chi connectivity index (χ1n) is 3.67. The summed E-state index contributed by atoms with van der Waals surface area (Å²) in [5, 5.41) is 0. The Kier molecular flexibility index (Phi) is 5.01. The summed E-state index contributed by atoms with van der Waals surface area (Å²) in [4.78, 5) is 10.9. The molecule has 0 aromatic carbocycles. The Morgan fingerprint density at radius 1 is 1.69 bits per heavy atom. The third kappa shape index (κ3) is 3.39. The van der Waals surface area contributed by atoms with Crippen LogP contribution in [0.5, 0.6) is 0 Å². The molecule has 1 aromatic rings. The zero-order valence-electron chi connectivity index (χ0n) is 7.33. The molecule has 0 N–H and O–H groups in total. The van der Waals surface area contributed by atoms with E-state index in [0.29, 0.717) is 12.1 Å². The normalized spacial score (nSPS) is 8.31. The Morgan fingerprint density at radius 3 is 2.92 bits per heavy atom. The number of hydrogen-bond donors (Lipinski definition) is 0. The monoisotopic (exact) mass is 239 g/mol. The van der Waals surface area contributed by atoms with Crippen molar-refractivity contribution in [2.75, 3.05) is 0 Å². The minimum absolute atomic E-state index is 0. The van der Waals surface area contributed by atoms with Gasteiger partial charge in [-0.1, -0.05) is 0 Å². The van der Waals surface area contributed by atoms with Crippen molar-refractivity contribution in [1.29, 1.82) is 0 Å². The third-order valence-electron chi connectivity index (χ3n) is 1.54. The molecule has 68 valence electrons. The zero-order valence-corrected chi connectivity index (χ0v) is 8.91. The number of hydrogen-bond acceptors (Lipinski definition) is 1. The summed E-state index contributed by atoms with van der Waals surface area (Å²) < 4.78 is 1.80. The molecule has 1 aromatic heterocycles. The minimum atomic E-state index is 0. The molecular weight excluding hydrogens is 230 g/mol. The number of ketones is 1. The van der Waals surface area contributed by atoms with E-state index in [4.69, 9.17) is 6.42 Å². The number of aromatic nitrogens is 1. The Hall–Kier alpha value is -1.14. The second-order valence-electron chi connectivity index (χ2n) is 2.53. The number of carbonyl (C=O) groups excluding carboxylic acids is 1. The van der Waals surface area contributed by atoms with Gasteiger partial charge in [0.2, 0.25) is 6.54 Å². The van der Waals surface area contributed by atoms with Gasteiger partial charge < -0.3 is 17.0 Å².